The third-order valence-electron chi connectivity index (χ3n) is 8.75. The lowest BCUT2D eigenvalue weighted by molar-refractivity contribution is 0.0742. The number of hydrogen-bond donors (Lipinski definition) is 0. The van der Waals surface area contributed by atoms with Gasteiger partial charge in [-0.05, 0) is 86.1 Å². The first-order chi connectivity index (χ1) is 17.2. The van der Waals surface area contributed by atoms with Gasteiger partial charge in [-0.2, -0.15) is 0 Å². The molecule has 0 heterocycles. The monoisotopic (exact) mass is 517 g/mol. The summed E-state index contributed by atoms with van der Waals surface area (Å²) in [7, 11) is -3.50. The largest absolute Gasteiger partial charge is 0.414 e. The molecule has 1 fully saturated rings. The van der Waals surface area contributed by atoms with Crippen molar-refractivity contribution in [3.8, 4) is 0 Å². The van der Waals surface area contributed by atoms with Crippen molar-refractivity contribution in [3.63, 3.8) is 0 Å². The van der Waals surface area contributed by atoms with Crippen molar-refractivity contribution in [2.24, 2.45) is 5.92 Å². The van der Waals surface area contributed by atoms with Gasteiger partial charge in [0, 0.05) is 6.10 Å². The highest BCUT2D eigenvalue weighted by molar-refractivity contribution is 7.95. The van der Waals surface area contributed by atoms with Crippen LogP contribution in [-0.4, -0.2) is 20.6 Å². The van der Waals surface area contributed by atoms with E-state index in [0.717, 1.165) is 0 Å². The van der Waals surface area contributed by atoms with Gasteiger partial charge in [0.15, 0.2) is 8.32 Å². The summed E-state index contributed by atoms with van der Waals surface area (Å²) in [6.45, 7) is 12.0. The molecule has 1 nitrogen and oxygen atoms in total. The molecule has 0 bridgehead atoms. The van der Waals surface area contributed by atoms with Crippen LogP contribution in [0.25, 0.3) is 0 Å². The van der Waals surface area contributed by atoms with Crippen LogP contribution in [0.3, 0.4) is 0 Å². The normalized spacial score (nSPS) is 19.2. The molecule has 3 aromatic rings. The van der Waals surface area contributed by atoms with E-state index in [-0.39, 0.29) is 5.04 Å². The van der Waals surface area contributed by atoms with Gasteiger partial charge in [-0.3, -0.25) is 0 Å². The second-order valence-electron chi connectivity index (χ2n) is 12.1. The second-order valence-corrected chi connectivity index (χ2v) is 20.5. The zero-order valence-electron chi connectivity index (χ0n) is 23.1. The Morgan fingerprint density at radius 3 is 1.61 bits per heavy atom. The number of benzene rings is 3. The van der Waals surface area contributed by atoms with Gasteiger partial charge in [-0.1, -0.05) is 88.2 Å². The highest BCUT2D eigenvalue weighted by Crippen LogP contribution is 2.56. The SMILES string of the molecule is CC(C)(C)[Si](C)(C)OC1CCCCC1CCC[P+](c1ccccc1)(c1ccccc1)c1ccccc1. The van der Waals surface area contributed by atoms with E-state index in [4.69, 9.17) is 4.43 Å². The van der Waals surface area contributed by atoms with Crippen LogP contribution < -0.4 is 15.9 Å². The third kappa shape index (κ3) is 6.04. The van der Waals surface area contributed by atoms with Crippen molar-refractivity contribution in [1.82, 2.24) is 0 Å². The van der Waals surface area contributed by atoms with E-state index in [2.05, 4.69) is 125 Å². The fourth-order valence-electron chi connectivity index (χ4n) is 5.69. The quantitative estimate of drug-likeness (QED) is 0.205. The summed E-state index contributed by atoms with van der Waals surface area (Å²) in [5, 5.41) is 4.77. The second kappa shape index (κ2) is 11.8. The minimum atomic E-state index is -1.76. The molecule has 4 rings (SSSR count). The molecule has 2 atom stereocenters. The lowest BCUT2D eigenvalue weighted by Gasteiger charge is -2.43. The first-order valence-corrected chi connectivity index (χ1v) is 18.8. The highest BCUT2D eigenvalue weighted by Gasteiger charge is 2.45. The lowest BCUT2D eigenvalue weighted by Crippen LogP contribution is -2.46. The van der Waals surface area contributed by atoms with Gasteiger partial charge < -0.3 is 4.43 Å². The molecule has 3 heteroatoms. The Kier molecular flexibility index (Phi) is 8.92. The topological polar surface area (TPSA) is 9.23 Å². The van der Waals surface area contributed by atoms with Crippen LogP contribution in [0.4, 0.5) is 0 Å². The number of hydrogen-bond acceptors (Lipinski definition) is 1. The van der Waals surface area contributed by atoms with Crippen LogP contribution in [-0.2, 0) is 4.43 Å². The summed E-state index contributed by atoms with van der Waals surface area (Å²) < 4.78 is 7.04. The van der Waals surface area contributed by atoms with Crippen LogP contribution in [0.2, 0.25) is 18.1 Å². The number of rotatable bonds is 9. The summed E-state index contributed by atoms with van der Waals surface area (Å²) in [6, 6.07) is 34.0. The Morgan fingerprint density at radius 2 is 1.17 bits per heavy atom. The van der Waals surface area contributed by atoms with Crippen molar-refractivity contribution in [2.75, 3.05) is 6.16 Å². The molecule has 1 aliphatic rings. The molecule has 0 aliphatic heterocycles. The fraction of sp³-hybridized carbons (Fsp3) is 0.455. The summed E-state index contributed by atoms with van der Waals surface area (Å²) in [6.07, 6.45) is 9.43. The molecular formula is C33H46OPSi+. The maximum absolute atomic E-state index is 7.04. The Morgan fingerprint density at radius 1 is 0.722 bits per heavy atom. The van der Waals surface area contributed by atoms with E-state index in [1.807, 2.05) is 0 Å². The van der Waals surface area contributed by atoms with Crippen LogP contribution in [0.5, 0.6) is 0 Å². The van der Waals surface area contributed by atoms with E-state index < -0.39 is 15.6 Å². The van der Waals surface area contributed by atoms with Gasteiger partial charge in [-0.15, -0.1) is 0 Å². The Bertz CT molecular complexity index is 962. The zero-order valence-corrected chi connectivity index (χ0v) is 25.0. The Balaban J connectivity index is 1.62. The van der Waals surface area contributed by atoms with Crippen LogP contribution in [0.15, 0.2) is 91.0 Å². The minimum absolute atomic E-state index is 0.267. The van der Waals surface area contributed by atoms with Crippen molar-refractivity contribution in [3.05, 3.63) is 91.0 Å². The third-order valence-corrected chi connectivity index (χ3v) is 17.8. The van der Waals surface area contributed by atoms with E-state index >= 15 is 0 Å². The van der Waals surface area contributed by atoms with Crippen molar-refractivity contribution in [1.29, 1.82) is 0 Å². The van der Waals surface area contributed by atoms with Crippen LogP contribution in [0, 0.1) is 5.92 Å². The molecule has 36 heavy (non-hydrogen) atoms. The van der Waals surface area contributed by atoms with Crippen LogP contribution in [0.1, 0.15) is 59.3 Å². The van der Waals surface area contributed by atoms with E-state index in [1.165, 1.54) is 60.6 Å². The van der Waals surface area contributed by atoms with Gasteiger partial charge in [0.1, 0.15) is 23.2 Å². The summed E-state index contributed by atoms with van der Waals surface area (Å²) in [4.78, 5) is 0. The van der Waals surface area contributed by atoms with Crippen molar-refractivity contribution < 1.29 is 4.43 Å². The summed E-state index contributed by atoms with van der Waals surface area (Å²) in [5.74, 6) is 0.692. The fourth-order valence-corrected chi connectivity index (χ4v) is 11.5. The van der Waals surface area contributed by atoms with Gasteiger partial charge in [0.2, 0.25) is 0 Å². The van der Waals surface area contributed by atoms with E-state index in [0.29, 0.717) is 12.0 Å². The molecule has 0 saturated heterocycles. The molecule has 0 spiro atoms. The van der Waals surface area contributed by atoms with Gasteiger partial charge in [0.25, 0.3) is 0 Å². The van der Waals surface area contributed by atoms with Gasteiger partial charge in [-0.25, -0.2) is 0 Å². The lowest BCUT2D eigenvalue weighted by atomic mass is 9.84. The van der Waals surface area contributed by atoms with Crippen LogP contribution >= 0.6 is 7.26 Å². The molecule has 0 N–H and O–H groups in total. The smallest absolute Gasteiger partial charge is 0.192 e. The molecule has 0 amide bonds. The molecular weight excluding hydrogens is 471 g/mol. The first-order valence-electron chi connectivity index (χ1n) is 14.0. The predicted molar refractivity (Wildman–Crippen MR) is 163 cm³/mol. The van der Waals surface area contributed by atoms with Gasteiger partial charge in [0.05, 0.1) is 6.16 Å². The van der Waals surface area contributed by atoms with E-state index in [9.17, 15) is 0 Å². The molecule has 0 aromatic heterocycles. The predicted octanol–water partition coefficient (Wildman–Crippen LogP) is 8.34. The molecule has 0 radical (unpaired) electrons. The molecule has 2 unspecified atom stereocenters. The minimum Gasteiger partial charge on any atom is -0.414 e. The maximum atomic E-state index is 7.04. The average Bonchev–Trinajstić information content (AvgIpc) is 2.88. The van der Waals surface area contributed by atoms with Gasteiger partial charge >= 0.3 is 0 Å². The van der Waals surface area contributed by atoms with E-state index in [1.54, 1.807) is 0 Å². The standard InChI is InChI=1S/C33H46OPSi/c1-33(2,3)36(4,5)34-32-26-16-15-18-28(32)19-17-27-35(29-20-9-6-10-21-29,30-22-11-7-12-23-30)31-24-13-8-14-25-31/h6-14,20-25,28,32H,15-19,26-27H2,1-5H3/q+1. The highest BCUT2D eigenvalue weighted by atomic mass is 31.2. The van der Waals surface area contributed by atoms with Crippen molar-refractivity contribution in [2.45, 2.75) is 83.5 Å². The molecule has 3 aromatic carbocycles. The average molecular weight is 518 g/mol. The Hall–Kier alpha value is -1.73. The maximum Gasteiger partial charge on any atom is 0.192 e. The summed E-state index contributed by atoms with van der Waals surface area (Å²) >= 11 is 0. The zero-order chi connectivity index (χ0) is 25.7. The Labute approximate surface area is 222 Å². The molecule has 1 saturated carbocycles. The molecule has 1 aliphatic carbocycles. The summed E-state index contributed by atoms with van der Waals surface area (Å²) in [5.41, 5.74) is 0. The van der Waals surface area contributed by atoms with Crippen molar-refractivity contribution >= 4 is 31.5 Å². The molecule has 192 valence electrons. The first kappa shape index (κ1) is 27.3.